The summed E-state index contributed by atoms with van der Waals surface area (Å²) in [5.74, 6) is -0.101. The molecule has 138 valence electrons. The van der Waals surface area contributed by atoms with Crippen molar-refractivity contribution >= 4 is 11.6 Å². The quantitative estimate of drug-likeness (QED) is 0.471. The smallest absolute Gasteiger partial charge is 0.159 e. The second kappa shape index (κ2) is 11.0. The molecule has 0 N–H and O–H groups in total. The summed E-state index contributed by atoms with van der Waals surface area (Å²) >= 11 is 0. The largest absolute Gasteiger partial charge is 0.295 e. The van der Waals surface area contributed by atoms with Crippen molar-refractivity contribution in [3.63, 3.8) is 0 Å². The van der Waals surface area contributed by atoms with Gasteiger partial charge in [0.05, 0.1) is 0 Å². The van der Waals surface area contributed by atoms with E-state index in [0.29, 0.717) is 6.42 Å². The molecule has 0 amide bonds. The highest BCUT2D eigenvalue weighted by molar-refractivity contribution is 6.07. The van der Waals surface area contributed by atoms with Gasteiger partial charge in [0, 0.05) is 11.8 Å². The van der Waals surface area contributed by atoms with Gasteiger partial charge >= 0.3 is 0 Å². The second-order valence-electron chi connectivity index (χ2n) is 7.45. The van der Waals surface area contributed by atoms with Crippen molar-refractivity contribution in [2.45, 2.75) is 73.1 Å². The third-order valence-electron chi connectivity index (χ3n) is 4.91. The van der Waals surface area contributed by atoms with Crippen molar-refractivity contribution in [3.8, 4) is 0 Å². The minimum absolute atomic E-state index is 0.102. The molecular formula is C23H34O2. The van der Waals surface area contributed by atoms with Gasteiger partial charge < -0.3 is 0 Å². The average Bonchev–Trinajstić information content (AvgIpc) is 2.55. The van der Waals surface area contributed by atoms with Crippen LogP contribution in [0.15, 0.2) is 47.1 Å². The molecule has 1 aliphatic carbocycles. The van der Waals surface area contributed by atoms with Gasteiger partial charge in [-0.3, -0.25) is 9.59 Å². The molecule has 0 aromatic carbocycles. The zero-order valence-corrected chi connectivity index (χ0v) is 16.6. The topological polar surface area (TPSA) is 34.1 Å². The number of carbonyl (C=O) groups is 2. The molecule has 0 bridgehead atoms. The van der Waals surface area contributed by atoms with E-state index in [2.05, 4.69) is 45.9 Å². The lowest BCUT2D eigenvalue weighted by Crippen LogP contribution is -2.31. The highest BCUT2D eigenvalue weighted by atomic mass is 16.1. The van der Waals surface area contributed by atoms with Gasteiger partial charge in [-0.25, -0.2) is 0 Å². The van der Waals surface area contributed by atoms with Crippen LogP contribution in [0, 0.1) is 11.8 Å². The SMILES string of the molecule is CCC1C(=O)C=CC(=O)C1C/C=C(\C)CC/C=C(\C)CCC=C(C)C. The first-order valence-electron chi connectivity index (χ1n) is 9.55. The Hall–Kier alpha value is -1.70. The Balaban J connectivity index is 2.48. The van der Waals surface area contributed by atoms with E-state index in [1.54, 1.807) is 0 Å². The zero-order valence-electron chi connectivity index (χ0n) is 16.6. The van der Waals surface area contributed by atoms with Gasteiger partial charge in [0.1, 0.15) is 0 Å². The summed E-state index contributed by atoms with van der Waals surface area (Å²) < 4.78 is 0. The van der Waals surface area contributed by atoms with E-state index < -0.39 is 0 Å². The summed E-state index contributed by atoms with van der Waals surface area (Å²) in [6.45, 7) is 10.6. The van der Waals surface area contributed by atoms with Crippen molar-refractivity contribution in [2.24, 2.45) is 11.8 Å². The first-order chi connectivity index (χ1) is 11.8. The normalized spacial score (nSPS) is 21.6. The van der Waals surface area contributed by atoms with Gasteiger partial charge in [-0.1, -0.05) is 41.9 Å². The molecule has 0 aliphatic heterocycles. The highest BCUT2D eigenvalue weighted by Crippen LogP contribution is 2.27. The third-order valence-corrected chi connectivity index (χ3v) is 4.91. The van der Waals surface area contributed by atoms with Crippen LogP contribution in [-0.4, -0.2) is 11.6 Å². The van der Waals surface area contributed by atoms with Crippen LogP contribution in [0.3, 0.4) is 0 Å². The van der Waals surface area contributed by atoms with E-state index in [1.165, 1.54) is 28.9 Å². The Morgan fingerprint density at radius 1 is 0.840 bits per heavy atom. The van der Waals surface area contributed by atoms with Crippen LogP contribution < -0.4 is 0 Å². The van der Waals surface area contributed by atoms with Gasteiger partial charge in [-0.15, -0.1) is 0 Å². The number of hydrogen-bond donors (Lipinski definition) is 0. The summed E-state index contributed by atoms with van der Waals surface area (Å²) in [5, 5.41) is 0. The van der Waals surface area contributed by atoms with Crippen molar-refractivity contribution in [2.75, 3.05) is 0 Å². The number of ketones is 2. The molecule has 0 spiro atoms. The maximum atomic E-state index is 12.1. The monoisotopic (exact) mass is 342 g/mol. The van der Waals surface area contributed by atoms with Crippen molar-refractivity contribution in [3.05, 3.63) is 47.1 Å². The maximum absolute atomic E-state index is 12.1. The minimum atomic E-state index is -0.168. The average molecular weight is 343 g/mol. The van der Waals surface area contributed by atoms with Crippen molar-refractivity contribution < 1.29 is 9.59 Å². The van der Waals surface area contributed by atoms with Gasteiger partial charge in [0.2, 0.25) is 0 Å². The summed E-state index contributed by atoms with van der Waals surface area (Å²) in [6.07, 6.45) is 15.4. The molecule has 0 saturated carbocycles. The lowest BCUT2D eigenvalue weighted by atomic mass is 9.77. The molecule has 0 saturated heterocycles. The maximum Gasteiger partial charge on any atom is 0.159 e. The molecule has 2 unspecified atom stereocenters. The fourth-order valence-corrected chi connectivity index (χ4v) is 3.24. The Kier molecular flexibility index (Phi) is 9.41. The first-order valence-corrected chi connectivity index (χ1v) is 9.55. The number of allylic oxidation sites excluding steroid dienone is 8. The van der Waals surface area contributed by atoms with Crippen molar-refractivity contribution in [1.29, 1.82) is 0 Å². The standard InChI is InChI=1S/C23H34O2/c1-6-20-21(23(25)16-15-22(20)24)14-13-19(5)12-8-11-18(4)10-7-9-17(2)3/h9,11,13,15-16,20-21H,6-8,10,12,14H2,1-5H3/b18-11+,19-13+. The Bertz CT molecular complexity index is 583. The van der Waals surface area contributed by atoms with E-state index >= 15 is 0 Å². The van der Waals surface area contributed by atoms with Crippen molar-refractivity contribution in [1.82, 2.24) is 0 Å². The summed E-state index contributed by atoms with van der Waals surface area (Å²) in [4.78, 5) is 24.0. The molecule has 2 atom stereocenters. The van der Waals surface area contributed by atoms with Crippen LogP contribution in [0.1, 0.15) is 73.1 Å². The number of carbonyl (C=O) groups excluding carboxylic acids is 2. The molecule has 0 heterocycles. The summed E-state index contributed by atoms with van der Waals surface area (Å²) in [5.41, 5.74) is 4.12. The fourth-order valence-electron chi connectivity index (χ4n) is 3.24. The zero-order chi connectivity index (χ0) is 18.8. The molecule has 1 aliphatic rings. The number of rotatable bonds is 9. The van der Waals surface area contributed by atoms with Gasteiger partial charge in [-0.05, 0) is 78.4 Å². The van der Waals surface area contributed by atoms with Crippen LogP contribution in [0.5, 0.6) is 0 Å². The van der Waals surface area contributed by atoms with E-state index in [9.17, 15) is 9.59 Å². The van der Waals surface area contributed by atoms with E-state index in [4.69, 9.17) is 0 Å². The van der Waals surface area contributed by atoms with Crippen LogP contribution in [0.25, 0.3) is 0 Å². The lowest BCUT2D eigenvalue weighted by Gasteiger charge is -2.24. The molecule has 2 nitrogen and oxygen atoms in total. The Morgan fingerprint density at radius 2 is 1.36 bits per heavy atom. The molecule has 1 rings (SSSR count). The summed E-state index contributed by atoms with van der Waals surface area (Å²) in [7, 11) is 0. The molecule has 0 aromatic rings. The lowest BCUT2D eigenvalue weighted by molar-refractivity contribution is -0.129. The van der Waals surface area contributed by atoms with Gasteiger partial charge in [0.25, 0.3) is 0 Å². The highest BCUT2D eigenvalue weighted by Gasteiger charge is 2.32. The summed E-state index contributed by atoms with van der Waals surface area (Å²) in [6, 6.07) is 0. The predicted octanol–water partition coefficient (Wildman–Crippen LogP) is 6.15. The Labute approximate surface area is 153 Å². The van der Waals surface area contributed by atoms with Crippen LogP contribution in [-0.2, 0) is 9.59 Å². The van der Waals surface area contributed by atoms with Crippen LogP contribution >= 0.6 is 0 Å². The van der Waals surface area contributed by atoms with Gasteiger partial charge in [-0.2, -0.15) is 0 Å². The van der Waals surface area contributed by atoms with Gasteiger partial charge in [0.15, 0.2) is 11.6 Å². The molecule has 0 radical (unpaired) electrons. The molecule has 25 heavy (non-hydrogen) atoms. The molecule has 0 fully saturated rings. The Morgan fingerprint density at radius 3 is 1.92 bits per heavy atom. The second-order valence-corrected chi connectivity index (χ2v) is 7.45. The minimum Gasteiger partial charge on any atom is -0.295 e. The fraction of sp³-hybridized carbons (Fsp3) is 0.565. The van der Waals surface area contributed by atoms with E-state index in [0.717, 1.165) is 32.1 Å². The predicted molar refractivity (Wildman–Crippen MR) is 106 cm³/mol. The number of hydrogen-bond acceptors (Lipinski definition) is 2. The van der Waals surface area contributed by atoms with Crippen LogP contribution in [0.2, 0.25) is 0 Å². The first kappa shape index (κ1) is 21.3. The van der Waals surface area contributed by atoms with Crippen LogP contribution in [0.4, 0.5) is 0 Å². The molecule has 0 aromatic heterocycles. The van der Waals surface area contributed by atoms with E-state index in [1.807, 2.05) is 6.92 Å². The third kappa shape index (κ3) is 7.81. The molecule has 2 heteroatoms. The van der Waals surface area contributed by atoms with E-state index in [-0.39, 0.29) is 23.4 Å². The molecular weight excluding hydrogens is 308 g/mol.